The molecular weight excluding hydrogens is 364 g/mol. The zero-order chi connectivity index (χ0) is 20.8. The van der Waals surface area contributed by atoms with Crippen LogP contribution in [0.4, 0.5) is 0 Å². The van der Waals surface area contributed by atoms with Gasteiger partial charge in [0.2, 0.25) is 11.8 Å². The van der Waals surface area contributed by atoms with E-state index in [-0.39, 0.29) is 30.3 Å². The highest BCUT2D eigenvalue weighted by molar-refractivity contribution is 5.86. The van der Waals surface area contributed by atoms with Crippen molar-refractivity contribution in [2.24, 2.45) is 5.92 Å². The highest BCUT2D eigenvalue weighted by Gasteiger charge is 2.31. The number of rotatable bonds is 8. The second-order valence-corrected chi connectivity index (χ2v) is 8.29. The number of hydrogen-bond donors (Lipinski definition) is 0. The molecule has 0 atom stereocenters. The number of hydrogen-bond acceptors (Lipinski definition) is 3. The fourth-order valence-corrected chi connectivity index (χ4v) is 3.96. The molecule has 1 aromatic heterocycles. The minimum absolute atomic E-state index is 0.00326. The normalized spacial score (nSPS) is 14.3. The molecule has 1 fully saturated rings. The van der Waals surface area contributed by atoms with Gasteiger partial charge in [-0.1, -0.05) is 43.2 Å². The second-order valence-electron chi connectivity index (χ2n) is 8.29. The Balaban J connectivity index is 1.75. The number of aryl methyl sites for hydroxylation is 1. The Morgan fingerprint density at radius 1 is 1.03 bits per heavy atom. The Labute approximate surface area is 173 Å². The molecule has 1 aromatic carbocycles. The van der Waals surface area contributed by atoms with Crippen molar-refractivity contribution in [3.8, 4) is 0 Å². The van der Waals surface area contributed by atoms with Crippen LogP contribution in [-0.2, 0) is 22.7 Å². The largest absolute Gasteiger partial charge is 0.464 e. The molecule has 0 spiro atoms. The predicted molar refractivity (Wildman–Crippen MR) is 113 cm³/mol. The first-order chi connectivity index (χ1) is 13.9. The first kappa shape index (κ1) is 21.2. The highest BCUT2D eigenvalue weighted by atomic mass is 16.3. The van der Waals surface area contributed by atoms with Crippen LogP contribution in [0.15, 0.2) is 46.9 Å². The summed E-state index contributed by atoms with van der Waals surface area (Å²) in [5.41, 5.74) is 1.06. The minimum Gasteiger partial charge on any atom is -0.464 e. The molecule has 5 heteroatoms. The van der Waals surface area contributed by atoms with E-state index in [1.54, 1.807) is 9.80 Å². The number of carbonyl (C=O) groups excluding carboxylic acids is 2. The van der Waals surface area contributed by atoms with Crippen molar-refractivity contribution < 1.29 is 14.0 Å². The van der Waals surface area contributed by atoms with Gasteiger partial charge in [-0.05, 0) is 51.3 Å². The van der Waals surface area contributed by atoms with Crippen LogP contribution in [0.3, 0.4) is 0 Å². The Morgan fingerprint density at radius 3 is 2.31 bits per heavy atom. The lowest BCUT2D eigenvalue weighted by Crippen LogP contribution is -2.47. The molecule has 1 heterocycles. The van der Waals surface area contributed by atoms with E-state index in [1.165, 1.54) is 0 Å². The van der Waals surface area contributed by atoms with Crippen molar-refractivity contribution in [3.63, 3.8) is 0 Å². The van der Waals surface area contributed by atoms with E-state index in [0.717, 1.165) is 42.8 Å². The molecule has 3 rings (SSSR count). The van der Waals surface area contributed by atoms with Crippen molar-refractivity contribution in [3.05, 3.63) is 59.5 Å². The van der Waals surface area contributed by atoms with Gasteiger partial charge in [-0.2, -0.15) is 0 Å². The van der Waals surface area contributed by atoms with Gasteiger partial charge < -0.3 is 14.2 Å². The van der Waals surface area contributed by atoms with Gasteiger partial charge in [0.05, 0.1) is 6.54 Å². The summed E-state index contributed by atoms with van der Waals surface area (Å²) in [6.45, 7) is 6.86. The second kappa shape index (κ2) is 9.77. The molecule has 0 N–H and O–H groups in total. The highest BCUT2D eigenvalue weighted by Crippen LogP contribution is 2.27. The molecule has 29 heavy (non-hydrogen) atoms. The van der Waals surface area contributed by atoms with E-state index in [0.29, 0.717) is 13.1 Å². The minimum atomic E-state index is -0.0528. The van der Waals surface area contributed by atoms with Crippen molar-refractivity contribution >= 4 is 11.8 Å². The van der Waals surface area contributed by atoms with Crippen LogP contribution in [0.5, 0.6) is 0 Å². The van der Waals surface area contributed by atoms with Crippen molar-refractivity contribution in [2.45, 2.75) is 65.6 Å². The van der Waals surface area contributed by atoms with E-state index in [1.807, 2.05) is 63.2 Å². The standard InChI is InChI=1S/C24H32N2O3/c1-18(2)26(24(28)21-11-7-8-12-21)17-23(27)25(15-20-9-5-4-6-10-20)16-22-14-13-19(3)29-22/h4-6,9-10,13-14,18,21H,7-8,11-12,15-17H2,1-3H3. The molecule has 0 unspecified atom stereocenters. The zero-order valence-electron chi connectivity index (χ0n) is 17.8. The lowest BCUT2D eigenvalue weighted by molar-refractivity contribution is -0.145. The topological polar surface area (TPSA) is 53.8 Å². The van der Waals surface area contributed by atoms with Gasteiger partial charge in [0, 0.05) is 18.5 Å². The van der Waals surface area contributed by atoms with Gasteiger partial charge >= 0.3 is 0 Å². The van der Waals surface area contributed by atoms with Gasteiger partial charge in [0.1, 0.15) is 18.1 Å². The van der Waals surface area contributed by atoms with Crippen LogP contribution >= 0.6 is 0 Å². The number of amides is 2. The lowest BCUT2D eigenvalue weighted by Gasteiger charge is -2.31. The van der Waals surface area contributed by atoms with Crippen molar-refractivity contribution in [1.29, 1.82) is 0 Å². The first-order valence-corrected chi connectivity index (χ1v) is 10.6. The molecule has 156 valence electrons. The number of benzene rings is 1. The van der Waals surface area contributed by atoms with E-state index in [9.17, 15) is 9.59 Å². The van der Waals surface area contributed by atoms with Crippen LogP contribution in [0, 0.1) is 12.8 Å². The smallest absolute Gasteiger partial charge is 0.242 e. The Hall–Kier alpha value is -2.56. The summed E-state index contributed by atoms with van der Waals surface area (Å²) in [4.78, 5) is 29.8. The lowest BCUT2D eigenvalue weighted by atomic mass is 10.1. The van der Waals surface area contributed by atoms with Gasteiger partial charge in [0.25, 0.3) is 0 Å². The van der Waals surface area contributed by atoms with Gasteiger partial charge in [-0.25, -0.2) is 0 Å². The van der Waals surface area contributed by atoms with E-state index >= 15 is 0 Å². The number of nitrogens with zero attached hydrogens (tertiary/aromatic N) is 2. The van der Waals surface area contributed by atoms with Crippen molar-refractivity contribution in [1.82, 2.24) is 9.80 Å². The average Bonchev–Trinajstić information content (AvgIpc) is 3.37. The van der Waals surface area contributed by atoms with Gasteiger partial charge in [-0.15, -0.1) is 0 Å². The molecule has 1 saturated carbocycles. The van der Waals surface area contributed by atoms with E-state index < -0.39 is 0 Å². The molecule has 0 bridgehead atoms. The molecule has 0 radical (unpaired) electrons. The van der Waals surface area contributed by atoms with Crippen LogP contribution in [0.1, 0.15) is 56.6 Å². The maximum Gasteiger partial charge on any atom is 0.242 e. The molecule has 1 aliphatic rings. The van der Waals surface area contributed by atoms with Crippen LogP contribution in [0.25, 0.3) is 0 Å². The number of furan rings is 1. The summed E-state index contributed by atoms with van der Waals surface area (Å²) in [5.74, 6) is 1.72. The molecule has 0 aliphatic heterocycles. The predicted octanol–water partition coefficient (Wildman–Crippen LogP) is 4.54. The third-order valence-electron chi connectivity index (χ3n) is 5.63. The summed E-state index contributed by atoms with van der Waals surface area (Å²) in [7, 11) is 0. The molecule has 2 aromatic rings. The Morgan fingerprint density at radius 2 is 1.72 bits per heavy atom. The molecule has 0 saturated heterocycles. The summed E-state index contributed by atoms with van der Waals surface area (Å²) in [5, 5.41) is 0. The van der Waals surface area contributed by atoms with Crippen LogP contribution < -0.4 is 0 Å². The SMILES string of the molecule is Cc1ccc(CN(Cc2ccccc2)C(=O)CN(C(=O)C2CCCC2)C(C)C)o1. The number of carbonyl (C=O) groups is 2. The summed E-state index contributed by atoms with van der Waals surface area (Å²) in [6, 6.07) is 13.7. The average molecular weight is 397 g/mol. The van der Waals surface area contributed by atoms with E-state index in [4.69, 9.17) is 4.42 Å². The molecular formula is C24H32N2O3. The van der Waals surface area contributed by atoms with Crippen molar-refractivity contribution in [2.75, 3.05) is 6.54 Å². The fourth-order valence-electron chi connectivity index (χ4n) is 3.96. The quantitative estimate of drug-likeness (QED) is 0.658. The fraction of sp³-hybridized carbons (Fsp3) is 0.500. The van der Waals surface area contributed by atoms with Gasteiger partial charge in [0.15, 0.2) is 0 Å². The summed E-state index contributed by atoms with van der Waals surface area (Å²) < 4.78 is 5.71. The van der Waals surface area contributed by atoms with Crippen LogP contribution in [-0.4, -0.2) is 34.2 Å². The third kappa shape index (κ3) is 5.72. The monoisotopic (exact) mass is 396 g/mol. The Bertz CT molecular complexity index is 807. The third-order valence-corrected chi connectivity index (χ3v) is 5.63. The van der Waals surface area contributed by atoms with Crippen LogP contribution in [0.2, 0.25) is 0 Å². The molecule has 1 aliphatic carbocycles. The molecule has 2 amide bonds. The molecule has 5 nitrogen and oxygen atoms in total. The zero-order valence-corrected chi connectivity index (χ0v) is 17.8. The first-order valence-electron chi connectivity index (χ1n) is 10.6. The summed E-state index contributed by atoms with van der Waals surface area (Å²) >= 11 is 0. The maximum atomic E-state index is 13.3. The maximum absolute atomic E-state index is 13.3. The summed E-state index contributed by atoms with van der Waals surface area (Å²) in [6.07, 6.45) is 4.09. The van der Waals surface area contributed by atoms with Gasteiger partial charge in [-0.3, -0.25) is 9.59 Å². The van der Waals surface area contributed by atoms with E-state index in [2.05, 4.69) is 0 Å². The Kier molecular flexibility index (Phi) is 7.13.